The van der Waals surface area contributed by atoms with Gasteiger partial charge in [0.1, 0.15) is 6.10 Å². The predicted molar refractivity (Wildman–Crippen MR) is 207 cm³/mol. The van der Waals surface area contributed by atoms with Crippen molar-refractivity contribution in [3.05, 3.63) is 148 Å². The maximum Gasteiger partial charge on any atom is 0.342 e. The highest BCUT2D eigenvalue weighted by Gasteiger charge is 2.45. The van der Waals surface area contributed by atoms with Crippen LogP contribution in [0.2, 0.25) is 5.02 Å². The number of aryl methyl sites for hydroxylation is 1. The lowest BCUT2D eigenvalue weighted by molar-refractivity contribution is -0.177. The van der Waals surface area contributed by atoms with E-state index in [4.69, 9.17) is 21.3 Å². The third-order valence-electron chi connectivity index (χ3n) is 10.8. The molecule has 1 saturated carbocycles. The van der Waals surface area contributed by atoms with Gasteiger partial charge >= 0.3 is 5.97 Å². The van der Waals surface area contributed by atoms with Crippen molar-refractivity contribution < 1.29 is 19.7 Å². The zero-order valence-electron chi connectivity index (χ0n) is 29.9. The van der Waals surface area contributed by atoms with E-state index in [9.17, 15) is 15.0 Å². The Balaban J connectivity index is 1.13. The molecule has 0 bridgehead atoms. The number of carbonyl (C=O) groups is 1. The minimum absolute atomic E-state index is 0.120. The van der Waals surface area contributed by atoms with Gasteiger partial charge in [-0.15, -0.1) is 0 Å². The number of hydrogen-bond donors (Lipinski definition) is 2. The van der Waals surface area contributed by atoms with Crippen LogP contribution >= 0.6 is 11.6 Å². The van der Waals surface area contributed by atoms with Crippen molar-refractivity contribution in [1.29, 1.82) is 0 Å². The molecule has 4 aromatic carbocycles. The third-order valence-corrected chi connectivity index (χ3v) is 11.0. The summed E-state index contributed by atoms with van der Waals surface area (Å²) >= 11 is 6.16. The van der Waals surface area contributed by atoms with Crippen LogP contribution in [0.4, 0.5) is 0 Å². The molecule has 0 unspecified atom stereocenters. The van der Waals surface area contributed by atoms with E-state index >= 15 is 0 Å². The summed E-state index contributed by atoms with van der Waals surface area (Å²) in [6.07, 6.45) is 6.54. The van der Waals surface area contributed by atoms with Gasteiger partial charge in [0.25, 0.3) is 0 Å². The average Bonchev–Trinajstić information content (AvgIpc) is 3.13. The molecular weight excluding hydrogens is 654 g/mol. The fourth-order valence-corrected chi connectivity index (χ4v) is 7.82. The van der Waals surface area contributed by atoms with Crippen LogP contribution in [0.1, 0.15) is 93.0 Å². The van der Waals surface area contributed by atoms with E-state index in [0.717, 1.165) is 52.5 Å². The summed E-state index contributed by atoms with van der Waals surface area (Å²) in [4.78, 5) is 18.6. The largest absolute Gasteiger partial charge is 0.460 e. The number of benzene rings is 4. The number of pyridine rings is 1. The normalized spacial score (nSPS) is 19.9. The Morgan fingerprint density at radius 3 is 2.47 bits per heavy atom. The van der Waals surface area contributed by atoms with Crippen LogP contribution < -0.4 is 0 Å². The minimum Gasteiger partial charge on any atom is -0.460 e. The van der Waals surface area contributed by atoms with Gasteiger partial charge in [-0.1, -0.05) is 130 Å². The summed E-state index contributed by atoms with van der Waals surface area (Å²) in [6.45, 7) is 8.19. The Morgan fingerprint density at radius 1 is 0.922 bits per heavy atom. The first kappa shape index (κ1) is 36.5. The van der Waals surface area contributed by atoms with Gasteiger partial charge in [-0.25, -0.2) is 9.78 Å². The number of aliphatic hydroxyl groups is 2. The van der Waals surface area contributed by atoms with E-state index in [2.05, 4.69) is 45.0 Å². The van der Waals surface area contributed by atoms with E-state index in [1.807, 2.05) is 91.0 Å². The molecule has 264 valence electrons. The smallest absolute Gasteiger partial charge is 0.342 e. The van der Waals surface area contributed by atoms with Crippen LogP contribution in [-0.4, -0.2) is 27.3 Å². The summed E-state index contributed by atoms with van der Waals surface area (Å²) in [5.74, 6) is -0.0879. The number of fused-ring (bicyclic) bond motifs is 1. The molecule has 1 aromatic heterocycles. The number of aromatic nitrogens is 1. The van der Waals surface area contributed by atoms with Crippen LogP contribution in [0.3, 0.4) is 0 Å². The fraction of sp³-hybridized carbons (Fsp3) is 0.333. The van der Waals surface area contributed by atoms with Gasteiger partial charge in [0, 0.05) is 16.3 Å². The third kappa shape index (κ3) is 8.44. The Bertz CT molecular complexity index is 2000. The van der Waals surface area contributed by atoms with E-state index in [-0.39, 0.29) is 17.4 Å². The molecule has 6 rings (SSSR count). The van der Waals surface area contributed by atoms with Gasteiger partial charge in [0.15, 0.2) is 5.60 Å². The van der Waals surface area contributed by atoms with Gasteiger partial charge in [-0.2, -0.15) is 0 Å². The number of halogens is 1. The average molecular weight is 702 g/mol. The van der Waals surface area contributed by atoms with Crippen molar-refractivity contribution in [3.8, 4) is 0 Å². The second kappa shape index (κ2) is 15.5. The summed E-state index contributed by atoms with van der Waals surface area (Å²) < 4.78 is 6.29. The first-order chi connectivity index (χ1) is 24.4. The molecule has 2 N–H and O–H groups in total. The second-order valence-corrected chi connectivity index (χ2v) is 15.4. The molecule has 0 saturated heterocycles. The maximum atomic E-state index is 13.9. The fourth-order valence-electron chi connectivity index (χ4n) is 7.65. The number of esters is 1. The van der Waals surface area contributed by atoms with E-state index in [1.54, 1.807) is 6.07 Å². The van der Waals surface area contributed by atoms with Crippen molar-refractivity contribution in [1.82, 2.24) is 4.98 Å². The minimum atomic E-state index is -1.85. The molecule has 0 aliphatic heterocycles. The second-order valence-electron chi connectivity index (χ2n) is 14.9. The van der Waals surface area contributed by atoms with E-state index in [1.165, 1.54) is 12.5 Å². The van der Waals surface area contributed by atoms with Crippen molar-refractivity contribution in [3.63, 3.8) is 0 Å². The summed E-state index contributed by atoms with van der Waals surface area (Å²) in [7, 11) is 0. The van der Waals surface area contributed by atoms with Crippen molar-refractivity contribution in [2.75, 3.05) is 0 Å². The molecule has 5 atom stereocenters. The Morgan fingerprint density at radius 2 is 1.67 bits per heavy atom. The number of rotatable bonds is 11. The van der Waals surface area contributed by atoms with E-state index < -0.39 is 17.7 Å². The Kier molecular flexibility index (Phi) is 11.1. The molecule has 5 nitrogen and oxygen atoms in total. The van der Waals surface area contributed by atoms with Crippen LogP contribution in [0.25, 0.3) is 23.1 Å². The zero-order chi connectivity index (χ0) is 36.2. The first-order valence-corrected chi connectivity index (χ1v) is 18.4. The van der Waals surface area contributed by atoms with Crippen LogP contribution in [0, 0.1) is 11.8 Å². The standard InChI is InChI=1S/C45H48ClNO4/c1-30-17-25-39(44(2,3)35-14-6-5-7-15-35)42(27-30)51-43(49)45(4,50)38-16-9-8-12-32(38)21-26-41(48)34-13-10-11-31(28-34)18-23-37-24-20-33-19-22-36(46)29-40(33)47-37/h5-16,18-20,22-24,28-30,39,41-42,48,50H,17,21,25-27H2,1-4H3/b23-18+/t30-,39+,41-,42+,45-/m0/s1. The number of ether oxygens (including phenoxy) is 1. The van der Waals surface area contributed by atoms with Crippen molar-refractivity contribution in [2.45, 2.75) is 83.0 Å². The quantitative estimate of drug-likeness (QED) is 0.134. The molecule has 1 fully saturated rings. The summed E-state index contributed by atoms with van der Waals surface area (Å²) in [5, 5.41) is 24.8. The topological polar surface area (TPSA) is 79.7 Å². The van der Waals surface area contributed by atoms with Gasteiger partial charge in [0.05, 0.1) is 17.3 Å². The molecule has 1 aliphatic rings. The molecule has 1 aliphatic carbocycles. The van der Waals surface area contributed by atoms with Crippen molar-refractivity contribution in [2.24, 2.45) is 11.8 Å². The van der Waals surface area contributed by atoms with Gasteiger partial charge in [-0.05, 0) is 102 Å². The molecule has 0 radical (unpaired) electrons. The monoisotopic (exact) mass is 701 g/mol. The lowest BCUT2D eigenvalue weighted by Gasteiger charge is -2.44. The summed E-state index contributed by atoms with van der Waals surface area (Å²) in [6, 6.07) is 35.3. The first-order valence-electron chi connectivity index (χ1n) is 18.0. The molecule has 5 aromatic rings. The Hall–Kier alpha value is -4.29. The van der Waals surface area contributed by atoms with Gasteiger partial charge in [0.2, 0.25) is 0 Å². The maximum absolute atomic E-state index is 13.9. The lowest BCUT2D eigenvalue weighted by atomic mass is 9.64. The number of nitrogens with zero attached hydrogens (tertiary/aromatic N) is 1. The molecule has 1 heterocycles. The molecule has 6 heteroatoms. The van der Waals surface area contributed by atoms with Gasteiger partial charge in [-0.3, -0.25) is 0 Å². The summed E-state index contributed by atoms with van der Waals surface area (Å²) in [5.41, 5.74) is 3.84. The van der Waals surface area contributed by atoms with Gasteiger partial charge < -0.3 is 14.9 Å². The Labute approximate surface area is 307 Å². The highest BCUT2D eigenvalue weighted by atomic mass is 35.5. The van der Waals surface area contributed by atoms with Crippen LogP contribution in [-0.2, 0) is 27.0 Å². The van der Waals surface area contributed by atoms with Crippen LogP contribution in [0.15, 0.2) is 109 Å². The predicted octanol–water partition coefficient (Wildman–Crippen LogP) is 10.3. The van der Waals surface area contributed by atoms with E-state index in [0.29, 0.717) is 29.3 Å². The highest BCUT2D eigenvalue weighted by Crippen LogP contribution is 2.44. The SMILES string of the molecule is C[C@H]1CC[C@@H](C(C)(C)c2ccccc2)[C@H](OC(=O)[C@@](C)(O)c2ccccc2CC[C@H](O)c2cccc(/C=C/c3ccc4ccc(Cl)cc4n3)c2)C1. The molecule has 0 spiro atoms. The number of carbonyl (C=O) groups excluding carboxylic acids is 1. The molecule has 51 heavy (non-hydrogen) atoms. The molecular formula is C45H48ClNO4. The van der Waals surface area contributed by atoms with Crippen LogP contribution in [0.5, 0.6) is 0 Å². The lowest BCUT2D eigenvalue weighted by Crippen LogP contribution is -2.46. The van der Waals surface area contributed by atoms with Crippen molar-refractivity contribution >= 4 is 40.6 Å². The number of aliphatic hydroxyl groups excluding tert-OH is 1. The highest BCUT2D eigenvalue weighted by molar-refractivity contribution is 6.31. The molecule has 0 amide bonds. The zero-order valence-corrected chi connectivity index (χ0v) is 30.7. The number of hydrogen-bond acceptors (Lipinski definition) is 5.